The van der Waals surface area contributed by atoms with Crippen LogP contribution < -0.4 is 5.32 Å². The van der Waals surface area contributed by atoms with Crippen LogP contribution in [0.25, 0.3) is 11.0 Å². The molecule has 0 bridgehead atoms. The highest BCUT2D eigenvalue weighted by Gasteiger charge is 2.12. The summed E-state index contributed by atoms with van der Waals surface area (Å²) < 4.78 is 24.4. The molecule has 3 rings (SSSR count). The molecule has 134 valence electrons. The van der Waals surface area contributed by atoms with Crippen LogP contribution in [0.4, 0.5) is 4.39 Å². The van der Waals surface area contributed by atoms with E-state index in [0.29, 0.717) is 10.2 Å². The molecule has 1 heterocycles. The fourth-order valence-corrected chi connectivity index (χ4v) is 2.80. The summed E-state index contributed by atoms with van der Waals surface area (Å²) in [5.41, 5.74) is 0.895. The smallest absolute Gasteiger partial charge is 0.308 e. The van der Waals surface area contributed by atoms with E-state index in [1.807, 2.05) is 30.3 Å². The van der Waals surface area contributed by atoms with Crippen molar-refractivity contribution in [3.8, 4) is 0 Å². The largest absolute Gasteiger partial charge is 0.457 e. The summed E-state index contributed by atoms with van der Waals surface area (Å²) in [4.78, 5) is 23.8. The number of esters is 1. The highest BCUT2D eigenvalue weighted by molar-refractivity contribution is 9.10. The average Bonchev–Trinajstić information content (AvgIpc) is 3.05. The summed E-state index contributed by atoms with van der Waals surface area (Å²) >= 11 is 3.19. The molecule has 0 aliphatic rings. The van der Waals surface area contributed by atoms with Gasteiger partial charge in [0.2, 0.25) is 0 Å². The van der Waals surface area contributed by atoms with Gasteiger partial charge in [-0.2, -0.15) is 0 Å². The van der Waals surface area contributed by atoms with E-state index in [0.717, 1.165) is 17.0 Å². The Morgan fingerprint density at radius 1 is 1.15 bits per heavy atom. The summed E-state index contributed by atoms with van der Waals surface area (Å²) in [5.74, 6) is -0.901. The van der Waals surface area contributed by atoms with Gasteiger partial charge in [-0.15, -0.1) is 0 Å². The highest BCUT2D eigenvalue weighted by Crippen LogP contribution is 2.19. The van der Waals surface area contributed by atoms with Crippen LogP contribution in [0.3, 0.4) is 0 Å². The van der Waals surface area contributed by atoms with Gasteiger partial charge in [-0.05, 0) is 46.3 Å². The second-order valence-electron chi connectivity index (χ2n) is 5.54. The number of rotatable bonds is 6. The number of hydrogen-bond acceptors (Lipinski definition) is 4. The average molecular weight is 420 g/mol. The Morgan fingerprint density at radius 2 is 1.96 bits per heavy atom. The van der Waals surface area contributed by atoms with E-state index in [1.54, 1.807) is 0 Å². The molecule has 1 N–H and O–H groups in total. The Kier molecular flexibility index (Phi) is 5.68. The molecule has 0 radical (unpaired) electrons. The number of fused-ring (bicyclic) bond motifs is 1. The van der Waals surface area contributed by atoms with Crippen LogP contribution >= 0.6 is 15.9 Å². The van der Waals surface area contributed by atoms with E-state index in [2.05, 4.69) is 21.2 Å². The highest BCUT2D eigenvalue weighted by atomic mass is 79.9. The van der Waals surface area contributed by atoms with Crippen molar-refractivity contribution in [2.45, 2.75) is 13.0 Å². The van der Waals surface area contributed by atoms with Crippen LogP contribution in [0.2, 0.25) is 0 Å². The zero-order valence-corrected chi connectivity index (χ0v) is 15.2. The number of benzene rings is 2. The van der Waals surface area contributed by atoms with E-state index in [9.17, 15) is 14.0 Å². The zero-order valence-electron chi connectivity index (χ0n) is 13.6. The van der Waals surface area contributed by atoms with Crippen molar-refractivity contribution in [1.29, 1.82) is 0 Å². The molecule has 0 saturated heterocycles. The molecule has 0 unspecified atom stereocenters. The fraction of sp³-hybridized carbons (Fsp3) is 0.158. The molecule has 0 spiro atoms. The second-order valence-corrected chi connectivity index (χ2v) is 6.40. The van der Waals surface area contributed by atoms with E-state index < -0.39 is 17.7 Å². The lowest BCUT2D eigenvalue weighted by atomic mass is 10.2. The lowest BCUT2D eigenvalue weighted by Crippen LogP contribution is -2.27. The van der Waals surface area contributed by atoms with Crippen molar-refractivity contribution < 1.29 is 23.1 Å². The monoisotopic (exact) mass is 419 g/mol. The number of carbonyl (C=O) groups is 2. The molecule has 0 saturated carbocycles. The summed E-state index contributed by atoms with van der Waals surface area (Å²) in [6.45, 7) is 0.109. The summed E-state index contributed by atoms with van der Waals surface area (Å²) in [6, 6.07) is 13.1. The van der Waals surface area contributed by atoms with Gasteiger partial charge in [0.05, 0.1) is 12.0 Å². The number of amides is 1. The third-order valence-corrected chi connectivity index (χ3v) is 4.33. The Bertz CT molecular complexity index is 921. The van der Waals surface area contributed by atoms with E-state index in [-0.39, 0.29) is 25.1 Å². The molecular weight excluding hydrogens is 405 g/mol. The molecule has 5 nitrogen and oxygen atoms in total. The van der Waals surface area contributed by atoms with E-state index >= 15 is 0 Å². The second kappa shape index (κ2) is 8.14. The minimum Gasteiger partial charge on any atom is -0.457 e. The first-order chi connectivity index (χ1) is 12.5. The Labute approximate surface area is 157 Å². The van der Waals surface area contributed by atoms with Gasteiger partial charge in [-0.3, -0.25) is 9.59 Å². The van der Waals surface area contributed by atoms with Gasteiger partial charge in [0.25, 0.3) is 5.91 Å². The summed E-state index contributed by atoms with van der Waals surface area (Å²) in [5, 5.41) is 3.49. The van der Waals surface area contributed by atoms with Crippen molar-refractivity contribution in [2.75, 3.05) is 6.54 Å². The molecule has 7 heteroatoms. The number of para-hydroxylation sites is 1. The Morgan fingerprint density at radius 3 is 2.77 bits per heavy atom. The first-order valence-electron chi connectivity index (χ1n) is 7.89. The van der Waals surface area contributed by atoms with Crippen LogP contribution in [0, 0.1) is 5.82 Å². The molecule has 0 atom stereocenters. The third kappa shape index (κ3) is 4.49. The standard InChI is InChI=1S/C19H15BrFNO4/c20-16-6-5-13(21)10-15(16)19(24)22-8-7-18(23)25-11-14-9-12-3-1-2-4-17(12)26-14/h1-6,9-10H,7-8,11H2,(H,22,24). The maximum Gasteiger partial charge on any atom is 0.308 e. The van der Waals surface area contributed by atoms with E-state index in [4.69, 9.17) is 9.15 Å². The number of carbonyl (C=O) groups excluding carboxylic acids is 2. The molecule has 26 heavy (non-hydrogen) atoms. The van der Waals surface area contributed by atoms with Crippen LogP contribution in [-0.2, 0) is 16.1 Å². The molecule has 0 aliphatic carbocycles. The van der Waals surface area contributed by atoms with Crippen LogP contribution in [0.5, 0.6) is 0 Å². The molecular formula is C19H15BrFNO4. The normalized spacial score (nSPS) is 10.7. The number of nitrogens with one attached hydrogen (secondary N) is 1. The van der Waals surface area contributed by atoms with Gasteiger partial charge >= 0.3 is 5.97 Å². The quantitative estimate of drug-likeness (QED) is 0.607. The van der Waals surface area contributed by atoms with Gasteiger partial charge in [0.15, 0.2) is 0 Å². The van der Waals surface area contributed by atoms with Crippen LogP contribution in [0.1, 0.15) is 22.5 Å². The van der Waals surface area contributed by atoms with Crippen molar-refractivity contribution in [3.05, 3.63) is 70.1 Å². The van der Waals surface area contributed by atoms with Crippen molar-refractivity contribution in [1.82, 2.24) is 5.32 Å². The van der Waals surface area contributed by atoms with Gasteiger partial charge < -0.3 is 14.5 Å². The summed E-state index contributed by atoms with van der Waals surface area (Å²) in [7, 11) is 0. The molecule has 2 aromatic carbocycles. The minimum atomic E-state index is -0.511. The molecule has 0 aliphatic heterocycles. The van der Waals surface area contributed by atoms with Crippen LogP contribution in [-0.4, -0.2) is 18.4 Å². The number of halogens is 2. The predicted molar refractivity (Wildman–Crippen MR) is 97.1 cm³/mol. The van der Waals surface area contributed by atoms with Crippen molar-refractivity contribution in [2.24, 2.45) is 0 Å². The first-order valence-corrected chi connectivity index (χ1v) is 8.68. The third-order valence-electron chi connectivity index (χ3n) is 3.64. The number of hydrogen-bond donors (Lipinski definition) is 1. The molecule has 1 amide bonds. The van der Waals surface area contributed by atoms with Gasteiger partial charge in [-0.1, -0.05) is 18.2 Å². The zero-order chi connectivity index (χ0) is 18.5. The lowest BCUT2D eigenvalue weighted by Gasteiger charge is -2.07. The van der Waals surface area contributed by atoms with Gasteiger partial charge in [0, 0.05) is 16.4 Å². The topological polar surface area (TPSA) is 68.5 Å². The maximum atomic E-state index is 13.2. The molecule has 1 aromatic heterocycles. The van der Waals surface area contributed by atoms with Crippen molar-refractivity contribution in [3.63, 3.8) is 0 Å². The SMILES string of the molecule is O=C(CCNC(=O)c1cc(F)ccc1Br)OCc1cc2ccccc2o1. The number of ether oxygens (including phenoxy) is 1. The Balaban J connectivity index is 1.45. The maximum absolute atomic E-state index is 13.2. The first kappa shape index (κ1) is 18.1. The van der Waals surface area contributed by atoms with Gasteiger partial charge in [-0.25, -0.2) is 4.39 Å². The lowest BCUT2D eigenvalue weighted by molar-refractivity contribution is -0.145. The predicted octanol–water partition coefficient (Wildman–Crippen LogP) is 4.20. The molecule has 3 aromatic rings. The van der Waals surface area contributed by atoms with Crippen LogP contribution in [0.15, 0.2) is 57.4 Å². The summed E-state index contributed by atoms with van der Waals surface area (Å²) in [6.07, 6.45) is -0.00109. The molecule has 0 fully saturated rings. The van der Waals surface area contributed by atoms with Gasteiger partial charge in [0.1, 0.15) is 23.8 Å². The van der Waals surface area contributed by atoms with E-state index in [1.165, 1.54) is 12.1 Å². The fourth-order valence-electron chi connectivity index (χ4n) is 2.38. The van der Waals surface area contributed by atoms with Crippen molar-refractivity contribution >= 4 is 38.8 Å². The Hall–Kier alpha value is -2.67. The number of furan rings is 1. The minimum absolute atomic E-state index is 0.00109.